The molecule has 4 nitrogen and oxygen atoms in total. The Hall–Kier alpha value is -2.14. The van der Waals surface area contributed by atoms with Crippen LogP contribution in [0.25, 0.3) is 0 Å². The van der Waals surface area contributed by atoms with E-state index in [-0.39, 0.29) is 11.8 Å². The van der Waals surface area contributed by atoms with Crippen LogP contribution in [-0.4, -0.2) is 30.8 Å². The van der Waals surface area contributed by atoms with Crippen LogP contribution in [0.3, 0.4) is 0 Å². The van der Waals surface area contributed by atoms with E-state index in [0.29, 0.717) is 16.1 Å². The molecule has 1 N–H and O–H groups in total. The van der Waals surface area contributed by atoms with Crippen molar-refractivity contribution in [2.75, 3.05) is 19.4 Å². The molecule has 104 valence electrons. The van der Waals surface area contributed by atoms with E-state index in [1.165, 1.54) is 16.2 Å². The van der Waals surface area contributed by atoms with Crippen LogP contribution in [0.2, 0.25) is 0 Å². The summed E-state index contributed by atoms with van der Waals surface area (Å²) in [6.07, 6.45) is 0. The summed E-state index contributed by atoms with van der Waals surface area (Å²) >= 11 is 1.38. The molecular formula is C15H16N2O2S. The average molecular weight is 288 g/mol. The number of hydrogen-bond acceptors (Lipinski definition) is 3. The number of rotatable bonds is 3. The average Bonchev–Trinajstić information content (AvgIpc) is 2.94. The molecule has 0 saturated carbocycles. The highest BCUT2D eigenvalue weighted by Gasteiger charge is 2.15. The molecule has 2 amide bonds. The summed E-state index contributed by atoms with van der Waals surface area (Å²) in [5.41, 5.74) is 2.03. The minimum atomic E-state index is -0.155. The van der Waals surface area contributed by atoms with Crippen molar-refractivity contribution in [1.82, 2.24) is 4.90 Å². The molecule has 0 aliphatic rings. The van der Waals surface area contributed by atoms with Gasteiger partial charge in [-0.15, -0.1) is 11.3 Å². The second-order valence-corrected chi connectivity index (χ2v) is 5.56. The largest absolute Gasteiger partial charge is 0.345 e. The molecule has 5 heteroatoms. The maximum atomic E-state index is 12.0. The highest BCUT2D eigenvalue weighted by atomic mass is 32.1. The van der Waals surface area contributed by atoms with Gasteiger partial charge < -0.3 is 10.2 Å². The second-order valence-electron chi connectivity index (χ2n) is 4.61. The number of thiophene rings is 1. The van der Waals surface area contributed by atoms with Crippen LogP contribution in [0.4, 0.5) is 5.69 Å². The van der Waals surface area contributed by atoms with Crippen LogP contribution in [0, 0.1) is 6.92 Å². The number of carbonyl (C=O) groups excluding carboxylic acids is 2. The molecule has 0 spiro atoms. The van der Waals surface area contributed by atoms with Crippen molar-refractivity contribution in [3.8, 4) is 0 Å². The Morgan fingerprint density at radius 1 is 1.15 bits per heavy atom. The Labute approximate surface area is 122 Å². The van der Waals surface area contributed by atoms with Gasteiger partial charge >= 0.3 is 0 Å². The normalized spacial score (nSPS) is 10.2. The first-order valence-electron chi connectivity index (χ1n) is 6.17. The van der Waals surface area contributed by atoms with Crippen LogP contribution in [0.5, 0.6) is 0 Å². The van der Waals surface area contributed by atoms with E-state index in [0.717, 1.165) is 5.56 Å². The van der Waals surface area contributed by atoms with Crippen LogP contribution in [0.1, 0.15) is 25.6 Å². The van der Waals surface area contributed by atoms with E-state index < -0.39 is 0 Å². The minimum Gasteiger partial charge on any atom is -0.345 e. The molecule has 0 aliphatic carbocycles. The summed E-state index contributed by atoms with van der Waals surface area (Å²) < 4.78 is 0. The SMILES string of the molecule is Cc1c(NC(=O)c2cccs2)cccc1C(=O)N(C)C. The molecule has 0 bridgehead atoms. The lowest BCUT2D eigenvalue weighted by Crippen LogP contribution is -2.23. The van der Waals surface area contributed by atoms with E-state index >= 15 is 0 Å². The van der Waals surface area contributed by atoms with Crippen LogP contribution >= 0.6 is 11.3 Å². The standard InChI is InChI=1S/C15H16N2O2S/c1-10-11(15(19)17(2)3)6-4-7-12(10)16-14(18)13-8-5-9-20-13/h4-9H,1-3H3,(H,16,18). The molecule has 0 fully saturated rings. The van der Waals surface area contributed by atoms with E-state index in [4.69, 9.17) is 0 Å². The molecule has 1 aromatic carbocycles. The van der Waals surface area contributed by atoms with Gasteiger partial charge in [0.1, 0.15) is 0 Å². The number of nitrogens with one attached hydrogen (secondary N) is 1. The summed E-state index contributed by atoms with van der Waals surface area (Å²) in [7, 11) is 3.41. The smallest absolute Gasteiger partial charge is 0.265 e. The van der Waals surface area contributed by atoms with E-state index in [9.17, 15) is 9.59 Å². The number of amides is 2. The third-order valence-corrected chi connectivity index (χ3v) is 3.83. The lowest BCUT2D eigenvalue weighted by Gasteiger charge is -2.15. The number of benzene rings is 1. The van der Waals surface area contributed by atoms with Crippen molar-refractivity contribution < 1.29 is 9.59 Å². The highest BCUT2D eigenvalue weighted by Crippen LogP contribution is 2.21. The fourth-order valence-electron chi connectivity index (χ4n) is 1.84. The van der Waals surface area contributed by atoms with Gasteiger partial charge in [0.05, 0.1) is 4.88 Å². The molecule has 2 rings (SSSR count). The summed E-state index contributed by atoms with van der Waals surface area (Å²) in [6, 6.07) is 8.93. The third-order valence-electron chi connectivity index (χ3n) is 2.96. The topological polar surface area (TPSA) is 49.4 Å². The number of hydrogen-bond donors (Lipinski definition) is 1. The van der Waals surface area contributed by atoms with Crippen LogP contribution < -0.4 is 5.32 Å². The molecule has 20 heavy (non-hydrogen) atoms. The first-order valence-corrected chi connectivity index (χ1v) is 7.05. The molecule has 0 unspecified atom stereocenters. The van der Waals surface area contributed by atoms with Crippen LogP contribution in [-0.2, 0) is 0 Å². The summed E-state index contributed by atoms with van der Waals surface area (Å²) in [6.45, 7) is 1.83. The van der Waals surface area contributed by atoms with Crippen molar-refractivity contribution in [3.05, 3.63) is 51.7 Å². The quantitative estimate of drug-likeness (QED) is 0.944. The number of carbonyl (C=O) groups is 2. The Morgan fingerprint density at radius 2 is 1.90 bits per heavy atom. The van der Waals surface area contributed by atoms with Gasteiger partial charge in [-0.05, 0) is 36.1 Å². The summed E-state index contributed by atoms with van der Waals surface area (Å²) in [5.74, 6) is -0.229. The molecule has 1 heterocycles. The zero-order chi connectivity index (χ0) is 14.7. The van der Waals surface area contributed by atoms with Gasteiger partial charge in [-0.2, -0.15) is 0 Å². The van der Waals surface area contributed by atoms with E-state index in [2.05, 4.69) is 5.32 Å². The molecule has 0 radical (unpaired) electrons. The van der Waals surface area contributed by atoms with Gasteiger partial charge in [-0.1, -0.05) is 12.1 Å². The zero-order valence-electron chi connectivity index (χ0n) is 11.6. The lowest BCUT2D eigenvalue weighted by atomic mass is 10.1. The molecule has 0 aliphatic heterocycles. The van der Waals surface area contributed by atoms with E-state index in [1.54, 1.807) is 38.4 Å². The maximum absolute atomic E-state index is 12.0. The fraction of sp³-hybridized carbons (Fsp3) is 0.200. The predicted octanol–water partition coefficient (Wildman–Crippen LogP) is 3.01. The highest BCUT2D eigenvalue weighted by molar-refractivity contribution is 7.12. The van der Waals surface area contributed by atoms with Crippen molar-refractivity contribution in [2.45, 2.75) is 6.92 Å². The zero-order valence-corrected chi connectivity index (χ0v) is 12.5. The Kier molecular flexibility index (Phi) is 4.20. The Balaban J connectivity index is 2.27. The lowest BCUT2D eigenvalue weighted by molar-refractivity contribution is 0.0826. The van der Waals surface area contributed by atoms with Gasteiger partial charge in [0.15, 0.2) is 0 Å². The van der Waals surface area contributed by atoms with E-state index in [1.807, 2.05) is 18.4 Å². The van der Waals surface area contributed by atoms with Crippen LogP contribution in [0.15, 0.2) is 35.7 Å². The molecular weight excluding hydrogens is 272 g/mol. The second kappa shape index (κ2) is 5.88. The number of anilines is 1. The van der Waals surface area contributed by atoms with Crippen molar-refractivity contribution in [3.63, 3.8) is 0 Å². The molecule has 2 aromatic rings. The fourth-order valence-corrected chi connectivity index (χ4v) is 2.45. The Morgan fingerprint density at radius 3 is 2.50 bits per heavy atom. The minimum absolute atomic E-state index is 0.0743. The summed E-state index contributed by atoms with van der Waals surface area (Å²) in [4.78, 5) is 26.3. The Bertz CT molecular complexity index is 633. The molecule has 1 aromatic heterocycles. The third kappa shape index (κ3) is 2.88. The van der Waals surface area contributed by atoms with Gasteiger partial charge in [-0.3, -0.25) is 9.59 Å². The first kappa shape index (κ1) is 14.3. The number of nitrogens with zero attached hydrogens (tertiary/aromatic N) is 1. The molecule has 0 saturated heterocycles. The summed E-state index contributed by atoms with van der Waals surface area (Å²) in [5, 5.41) is 4.70. The maximum Gasteiger partial charge on any atom is 0.265 e. The molecule has 0 atom stereocenters. The van der Waals surface area contributed by atoms with Crippen molar-refractivity contribution >= 4 is 28.8 Å². The van der Waals surface area contributed by atoms with Gasteiger partial charge in [0.25, 0.3) is 11.8 Å². The predicted molar refractivity (Wildman–Crippen MR) is 81.5 cm³/mol. The first-order chi connectivity index (χ1) is 9.50. The van der Waals surface area contributed by atoms with Crippen molar-refractivity contribution in [1.29, 1.82) is 0 Å². The van der Waals surface area contributed by atoms with Gasteiger partial charge in [-0.25, -0.2) is 0 Å². The monoisotopic (exact) mass is 288 g/mol. The van der Waals surface area contributed by atoms with Gasteiger partial charge in [0, 0.05) is 25.3 Å². The van der Waals surface area contributed by atoms with Crippen molar-refractivity contribution in [2.24, 2.45) is 0 Å². The van der Waals surface area contributed by atoms with Gasteiger partial charge in [0.2, 0.25) is 0 Å².